The van der Waals surface area contributed by atoms with Crippen LogP contribution in [-0.4, -0.2) is 25.8 Å². The fourth-order valence-corrected chi connectivity index (χ4v) is 4.49. The number of fused-ring (bicyclic) bond motifs is 1. The second kappa shape index (κ2) is 5.41. The second-order valence-corrected chi connectivity index (χ2v) is 7.45. The molecule has 3 aromatic rings. The molecule has 8 heteroatoms. The van der Waals surface area contributed by atoms with Crippen molar-refractivity contribution >= 4 is 27.5 Å². The summed E-state index contributed by atoms with van der Waals surface area (Å²) in [6.07, 6.45) is 3.76. The molecular formula is C16H19N5O2S. The Kier molecular flexibility index (Phi) is 3.45. The lowest BCUT2D eigenvalue weighted by atomic mass is 9.96. The van der Waals surface area contributed by atoms with Crippen molar-refractivity contribution in [3.8, 4) is 0 Å². The Morgan fingerprint density at radius 1 is 1.38 bits per heavy atom. The van der Waals surface area contributed by atoms with Gasteiger partial charge in [-0.05, 0) is 25.8 Å². The molecule has 3 heterocycles. The molecule has 1 saturated carbocycles. The van der Waals surface area contributed by atoms with E-state index in [0.717, 1.165) is 41.6 Å². The van der Waals surface area contributed by atoms with Crippen molar-refractivity contribution < 1.29 is 9.32 Å². The molecule has 0 atom stereocenters. The fourth-order valence-electron chi connectivity index (χ4n) is 3.47. The molecule has 1 fully saturated rings. The standard InChI is InChI=1S/C16H19N5O2S/c1-9-11-8-12(24-14(11)21(3)19-9)13(22)18-16(6-4-5-7-16)15-17-10(2)23-20-15/h8H,4-7H2,1-3H3,(H,18,22). The summed E-state index contributed by atoms with van der Waals surface area (Å²) >= 11 is 1.46. The van der Waals surface area contributed by atoms with Gasteiger partial charge in [-0.1, -0.05) is 18.0 Å². The molecule has 4 rings (SSSR count). The maximum Gasteiger partial charge on any atom is 0.262 e. The summed E-state index contributed by atoms with van der Waals surface area (Å²) in [4.78, 5) is 18.9. The van der Waals surface area contributed by atoms with E-state index < -0.39 is 5.54 Å². The highest BCUT2D eigenvalue weighted by Gasteiger charge is 2.41. The van der Waals surface area contributed by atoms with Crippen LogP contribution in [0.1, 0.15) is 52.8 Å². The molecule has 0 saturated heterocycles. The molecule has 0 spiro atoms. The Balaban J connectivity index is 1.66. The summed E-state index contributed by atoms with van der Waals surface area (Å²) in [7, 11) is 1.90. The van der Waals surface area contributed by atoms with Gasteiger partial charge in [0.05, 0.1) is 10.6 Å². The van der Waals surface area contributed by atoms with Crippen LogP contribution < -0.4 is 5.32 Å². The molecule has 126 valence electrons. The zero-order valence-electron chi connectivity index (χ0n) is 13.9. The number of aryl methyl sites for hydroxylation is 3. The van der Waals surface area contributed by atoms with E-state index in [0.29, 0.717) is 16.6 Å². The predicted octanol–water partition coefficient (Wildman–Crippen LogP) is 2.83. The molecular weight excluding hydrogens is 326 g/mol. The molecule has 0 radical (unpaired) electrons. The lowest BCUT2D eigenvalue weighted by molar-refractivity contribution is 0.0896. The van der Waals surface area contributed by atoms with E-state index in [1.807, 2.05) is 24.7 Å². The van der Waals surface area contributed by atoms with Gasteiger partial charge in [-0.2, -0.15) is 10.1 Å². The van der Waals surface area contributed by atoms with E-state index >= 15 is 0 Å². The molecule has 0 aromatic carbocycles. The normalized spacial score (nSPS) is 16.8. The summed E-state index contributed by atoms with van der Waals surface area (Å²) in [5.41, 5.74) is 0.422. The Morgan fingerprint density at radius 3 is 2.75 bits per heavy atom. The Bertz CT molecular complexity index is 882. The van der Waals surface area contributed by atoms with Gasteiger partial charge in [0.25, 0.3) is 5.91 Å². The fraction of sp³-hybridized carbons (Fsp3) is 0.500. The van der Waals surface area contributed by atoms with Crippen molar-refractivity contribution in [2.75, 3.05) is 0 Å². The molecule has 1 N–H and O–H groups in total. The number of nitrogens with zero attached hydrogens (tertiary/aromatic N) is 4. The molecule has 3 aromatic heterocycles. The first kappa shape index (κ1) is 15.3. The molecule has 0 unspecified atom stereocenters. The summed E-state index contributed by atoms with van der Waals surface area (Å²) in [5.74, 6) is 1.03. The first-order valence-electron chi connectivity index (χ1n) is 8.05. The number of thiophene rings is 1. The van der Waals surface area contributed by atoms with Gasteiger partial charge in [-0.25, -0.2) is 0 Å². The van der Waals surface area contributed by atoms with Crippen molar-refractivity contribution in [3.63, 3.8) is 0 Å². The summed E-state index contributed by atoms with van der Waals surface area (Å²) in [5, 5.41) is 12.7. The van der Waals surface area contributed by atoms with Crippen molar-refractivity contribution in [1.82, 2.24) is 25.2 Å². The quantitative estimate of drug-likeness (QED) is 0.789. The molecule has 24 heavy (non-hydrogen) atoms. The topological polar surface area (TPSA) is 85.8 Å². The van der Waals surface area contributed by atoms with Gasteiger partial charge < -0.3 is 9.84 Å². The number of aromatic nitrogens is 4. The zero-order chi connectivity index (χ0) is 16.9. The number of carbonyl (C=O) groups is 1. The van der Waals surface area contributed by atoms with E-state index in [2.05, 4.69) is 20.6 Å². The maximum absolute atomic E-state index is 12.9. The SMILES string of the molecule is Cc1nc(C2(NC(=O)c3cc4c(C)nn(C)c4s3)CCCC2)no1. The van der Waals surface area contributed by atoms with Crippen molar-refractivity contribution in [2.45, 2.75) is 45.1 Å². The predicted molar refractivity (Wildman–Crippen MR) is 90.0 cm³/mol. The van der Waals surface area contributed by atoms with Gasteiger partial charge in [0, 0.05) is 19.4 Å². The highest BCUT2D eigenvalue weighted by atomic mass is 32.1. The largest absolute Gasteiger partial charge is 0.340 e. The third kappa shape index (κ3) is 2.32. The third-order valence-corrected chi connectivity index (χ3v) is 5.89. The monoisotopic (exact) mass is 345 g/mol. The highest BCUT2D eigenvalue weighted by Crippen LogP contribution is 2.38. The van der Waals surface area contributed by atoms with E-state index in [1.54, 1.807) is 6.92 Å². The average molecular weight is 345 g/mol. The van der Waals surface area contributed by atoms with E-state index in [1.165, 1.54) is 11.3 Å². The minimum atomic E-state index is -0.516. The lowest BCUT2D eigenvalue weighted by Crippen LogP contribution is -2.44. The van der Waals surface area contributed by atoms with Gasteiger partial charge in [0.2, 0.25) is 5.89 Å². The molecule has 7 nitrogen and oxygen atoms in total. The summed E-state index contributed by atoms with van der Waals surface area (Å²) in [6, 6.07) is 1.92. The maximum atomic E-state index is 12.9. The van der Waals surface area contributed by atoms with Crippen LogP contribution in [0.5, 0.6) is 0 Å². The van der Waals surface area contributed by atoms with Crippen LogP contribution in [0.15, 0.2) is 10.6 Å². The first-order valence-corrected chi connectivity index (χ1v) is 8.87. The summed E-state index contributed by atoms with van der Waals surface area (Å²) in [6.45, 7) is 3.72. The number of carbonyl (C=O) groups excluding carboxylic acids is 1. The smallest absolute Gasteiger partial charge is 0.262 e. The lowest BCUT2D eigenvalue weighted by Gasteiger charge is -2.26. The Labute approximate surface area is 143 Å². The Morgan fingerprint density at radius 2 is 2.12 bits per heavy atom. The summed E-state index contributed by atoms with van der Waals surface area (Å²) < 4.78 is 6.95. The van der Waals surface area contributed by atoms with Crippen LogP contribution in [0.4, 0.5) is 0 Å². The van der Waals surface area contributed by atoms with Crippen LogP contribution in [0.2, 0.25) is 0 Å². The van der Waals surface area contributed by atoms with Crippen molar-refractivity contribution in [1.29, 1.82) is 0 Å². The van der Waals surface area contributed by atoms with Crippen molar-refractivity contribution in [3.05, 3.63) is 28.4 Å². The minimum Gasteiger partial charge on any atom is -0.340 e. The molecule has 1 aliphatic rings. The number of rotatable bonds is 3. The average Bonchev–Trinajstić information content (AvgIpc) is 3.27. The zero-order valence-corrected chi connectivity index (χ0v) is 14.7. The molecule has 0 aliphatic heterocycles. The van der Waals surface area contributed by atoms with Crippen LogP contribution >= 0.6 is 11.3 Å². The number of hydrogen-bond donors (Lipinski definition) is 1. The van der Waals surface area contributed by atoms with Crippen molar-refractivity contribution in [2.24, 2.45) is 7.05 Å². The van der Waals surface area contributed by atoms with Crippen LogP contribution in [-0.2, 0) is 12.6 Å². The van der Waals surface area contributed by atoms with E-state index in [9.17, 15) is 4.79 Å². The first-order chi connectivity index (χ1) is 11.5. The number of amides is 1. The third-order valence-electron chi connectivity index (χ3n) is 4.69. The van der Waals surface area contributed by atoms with E-state index in [4.69, 9.17) is 4.52 Å². The van der Waals surface area contributed by atoms with Gasteiger partial charge >= 0.3 is 0 Å². The van der Waals surface area contributed by atoms with Gasteiger partial charge in [-0.3, -0.25) is 9.48 Å². The number of nitrogens with one attached hydrogen (secondary N) is 1. The van der Waals surface area contributed by atoms with Crippen LogP contribution in [0.3, 0.4) is 0 Å². The molecule has 0 bridgehead atoms. The molecule has 1 amide bonds. The number of hydrogen-bond acceptors (Lipinski definition) is 6. The van der Waals surface area contributed by atoms with Gasteiger partial charge in [-0.15, -0.1) is 11.3 Å². The van der Waals surface area contributed by atoms with Gasteiger partial charge in [0.1, 0.15) is 10.4 Å². The van der Waals surface area contributed by atoms with Crippen LogP contribution in [0, 0.1) is 13.8 Å². The minimum absolute atomic E-state index is 0.0834. The second-order valence-electron chi connectivity index (χ2n) is 6.42. The highest BCUT2D eigenvalue weighted by molar-refractivity contribution is 7.20. The van der Waals surface area contributed by atoms with E-state index in [-0.39, 0.29) is 5.91 Å². The van der Waals surface area contributed by atoms with Crippen LogP contribution in [0.25, 0.3) is 10.2 Å². The van der Waals surface area contributed by atoms with Gasteiger partial charge in [0.15, 0.2) is 5.82 Å². The molecule has 1 aliphatic carbocycles. The Hall–Kier alpha value is -2.22.